The van der Waals surface area contributed by atoms with Gasteiger partial charge < -0.3 is 14.6 Å². The van der Waals surface area contributed by atoms with Crippen LogP contribution in [0.1, 0.15) is 50.2 Å². The number of ether oxygens (including phenoxy) is 1. The van der Waals surface area contributed by atoms with Crippen molar-refractivity contribution in [3.05, 3.63) is 42.0 Å². The molecule has 2 aromatic rings. The van der Waals surface area contributed by atoms with E-state index in [0.717, 1.165) is 31.4 Å². The van der Waals surface area contributed by atoms with Crippen molar-refractivity contribution in [3.63, 3.8) is 0 Å². The zero-order valence-corrected chi connectivity index (χ0v) is 14.0. The third-order valence-electron chi connectivity index (χ3n) is 4.35. The number of nitrogens with one attached hydrogen (secondary N) is 1. The number of aromatic nitrogens is 2. The summed E-state index contributed by atoms with van der Waals surface area (Å²) in [4.78, 5) is 16.7. The number of amides is 1. The fraction of sp³-hybridized carbons (Fsp3) is 0.500. The molecule has 1 aliphatic rings. The zero-order valence-electron chi connectivity index (χ0n) is 14.0. The van der Waals surface area contributed by atoms with Crippen molar-refractivity contribution in [2.75, 3.05) is 6.61 Å². The fourth-order valence-corrected chi connectivity index (χ4v) is 3.15. The molecule has 1 aliphatic carbocycles. The second-order valence-electron chi connectivity index (χ2n) is 6.24. The predicted molar refractivity (Wildman–Crippen MR) is 88.5 cm³/mol. The maximum atomic E-state index is 12.3. The standard InChI is InChI=1S/C18H23N3O3/c1-14-19-17(21-24-14)18(11-5-6-12-18)20-16(22)10-7-13-23-15-8-3-2-4-9-15/h2-4,8-9H,5-7,10-13H2,1H3,(H,20,22). The molecule has 1 aromatic heterocycles. The van der Waals surface area contributed by atoms with Crippen LogP contribution in [0.3, 0.4) is 0 Å². The summed E-state index contributed by atoms with van der Waals surface area (Å²) in [5, 5.41) is 7.17. The van der Waals surface area contributed by atoms with Gasteiger partial charge >= 0.3 is 0 Å². The van der Waals surface area contributed by atoms with E-state index >= 15 is 0 Å². The highest BCUT2D eigenvalue weighted by molar-refractivity contribution is 5.76. The van der Waals surface area contributed by atoms with Gasteiger partial charge in [0.15, 0.2) is 5.82 Å². The van der Waals surface area contributed by atoms with Gasteiger partial charge in [-0.2, -0.15) is 4.98 Å². The Hall–Kier alpha value is -2.37. The lowest BCUT2D eigenvalue weighted by molar-refractivity contribution is -0.123. The van der Waals surface area contributed by atoms with Gasteiger partial charge in [0.2, 0.25) is 11.8 Å². The molecule has 0 aliphatic heterocycles. The van der Waals surface area contributed by atoms with Crippen molar-refractivity contribution in [1.82, 2.24) is 15.5 Å². The van der Waals surface area contributed by atoms with E-state index in [9.17, 15) is 4.79 Å². The summed E-state index contributed by atoms with van der Waals surface area (Å²) in [6.45, 7) is 2.29. The van der Waals surface area contributed by atoms with Crippen LogP contribution in [0, 0.1) is 6.92 Å². The molecular formula is C18H23N3O3. The molecule has 6 heteroatoms. The van der Waals surface area contributed by atoms with Crippen LogP contribution in [0.15, 0.2) is 34.9 Å². The number of rotatable bonds is 7. The Balaban J connectivity index is 1.49. The number of carbonyl (C=O) groups excluding carboxylic acids is 1. The molecule has 6 nitrogen and oxygen atoms in total. The summed E-state index contributed by atoms with van der Waals surface area (Å²) in [6, 6.07) is 9.62. The van der Waals surface area contributed by atoms with Crippen LogP contribution < -0.4 is 10.1 Å². The SMILES string of the molecule is Cc1nc(C2(NC(=O)CCCOc3ccccc3)CCCC2)no1. The molecule has 3 rings (SSSR count). The smallest absolute Gasteiger partial charge is 0.223 e. The normalized spacial score (nSPS) is 16.0. The highest BCUT2D eigenvalue weighted by Crippen LogP contribution is 2.37. The summed E-state index contributed by atoms with van der Waals surface area (Å²) in [5.74, 6) is 1.97. The average Bonchev–Trinajstić information content (AvgIpc) is 3.23. The summed E-state index contributed by atoms with van der Waals surface area (Å²) < 4.78 is 10.7. The molecule has 0 radical (unpaired) electrons. The van der Waals surface area contributed by atoms with Crippen LogP contribution in [0.2, 0.25) is 0 Å². The number of carbonyl (C=O) groups is 1. The van der Waals surface area contributed by atoms with E-state index in [4.69, 9.17) is 9.26 Å². The van der Waals surface area contributed by atoms with Crippen molar-refractivity contribution in [2.45, 2.75) is 51.0 Å². The lowest BCUT2D eigenvalue weighted by Gasteiger charge is -2.26. The van der Waals surface area contributed by atoms with Crippen molar-refractivity contribution in [3.8, 4) is 5.75 Å². The van der Waals surface area contributed by atoms with Crippen molar-refractivity contribution < 1.29 is 14.1 Å². The lowest BCUT2D eigenvalue weighted by Crippen LogP contribution is -2.44. The number of aryl methyl sites for hydroxylation is 1. The molecule has 1 heterocycles. The van der Waals surface area contributed by atoms with Gasteiger partial charge in [-0.05, 0) is 31.4 Å². The van der Waals surface area contributed by atoms with E-state index in [1.165, 1.54) is 0 Å². The average molecular weight is 329 g/mol. The van der Waals surface area contributed by atoms with Gasteiger partial charge in [-0.1, -0.05) is 36.2 Å². The first-order valence-corrected chi connectivity index (χ1v) is 8.48. The predicted octanol–water partition coefficient (Wildman–Crippen LogP) is 3.12. The molecule has 1 aromatic carbocycles. The number of para-hydroxylation sites is 1. The van der Waals surface area contributed by atoms with E-state index in [-0.39, 0.29) is 5.91 Å². The second kappa shape index (κ2) is 7.47. The topological polar surface area (TPSA) is 77.2 Å². The number of nitrogens with zero attached hydrogens (tertiary/aromatic N) is 2. The summed E-state index contributed by atoms with van der Waals surface area (Å²) in [6.07, 6.45) is 4.93. The molecule has 1 fully saturated rings. The fourth-order valence-electron chi connectivity index (χ4n) is 3.15. The third-order valence-corrected chi connectivity index (χ3v) is 4.35. The lowest BCUT2D eigenvalue weighted by atomic mass is 9.96. The molecule has 0 unspecified atom stereocenters. The quantitative estimate of drug-likeness (QED) is 0.790. The summed E-state index contributed by atoms with van der Waals surface area (Å²) in [5.41, 5.74) is -0.463. The Kier molecular flexibility index (Phi) is 5.13. The van der Waals surface area contributed by atoms with Gasteiger partial charge in [-0.3, -0.25) is 4.79 Å². The Morgan fingerprint density at radius 2 is 2.04 bits per heavy atom. The molecule has 1 saturated carbocycles. The van der Waals surface area contributed by atoms with Crippen LogP contribution in [0.5, 0.6) is 5.75 Å². The molecule has 0 bridgehead atoms. The number of benzene rings is 1. The molecule has 0 saturated heterocycles. The van der Waals surface area contributed by atoms with Crippen LogP contribution in [-0.4, -0.2) is 22.7 Å². The molecule has 1 amide bonds. The number of hydrogen-bond donors (Lipinski definition) is 1. The van der Waals surface area contributed by atoms with Gasteiger partial charge in [-0.15, -0.1) is 0 Å². The summed E-state index contributed by atoms with van der Waals surface area (Å²) >= 11 is 0. The monoisotopic (exact) mass is 329 g/mol. The Morgan fingerprint density at radius 1 is 1.29 bits per heavy atom. The van der Waals surface area contributed by atoms with Crippen LogP contribution in [0.4, 0.5) is 0 Å². The van der Waals surface area contributed by atoms with Crippen molar-refractivity contribution >= 4 is 5.91 Å². The molecular weight excluding hydrogens is 306 g/mol. The molecule has 128 valence electrons. The van der Waals surface area contributed by atoms with Gasteiger partial charge in [0.1, 0.15) is 11.3 Å². The Labute approximate surface area is 141 Å². The molecule has 0 atom stereocenters. The van der Waals surface area contributed by atoms with E-state index in [0.29, 0.717) is 31.2 Å². The Bertz CT molecular complexity index is 663. The van der Waals surface area contributed by atoms with Gasteiger partial charge in [0.25, 0.3) is 0 Å². The van der Waals surface area contributed by atoms with E-state index < -0.39 is 5.54 Å². The second-order valence-corrected chi connectivity index (χ2v) is 6.24. The maximum absolute atomic E-state index is 12.3. The van der Waals surface area contributed by atoms with Gasteiger partial charge in [0.05, 0.1) is 6.61 Å². The Morgan fingerprint density at radius 3 is 2.71 bits per heavy atom. The minimum atomic E-state index is -0.463. The molecule has 1 N–H and O–H groups in total. The minimum absolute atomic E-state index is 0.0102. The summed E-state index contributed by atoms with van der Waals surface area (Å²) in [7, 11) is 0. The van der Waals surface area contributed by atoms with E-state index in [2.05, 4.69) is 15.5 Å². The van der Waals surface area contributed by atoms with Crippen LogP contribution in [-0.2, 0) is 10.3 Å². The first-order chi connectivity index (χ1) is 11.7. The molecule has 0 spiro atoms. The maximum Gasteiger partial charge on any atom is 0.223 e. The van der Waals surface area contributed by atoms with Crippen LogP contribution in [0.25, 0.3) is 0 Å². The third kappa shape index (κ3) is 3.93. The first-order valence-electron chi connectivity index (χ1n) is 8.48. The first kappa shape index (κ1) is 16.5. The van der Waals surface area contributed by atoms with Gasteiger partial charge in [0, 0.05) is 13.3 Å². The van der Waals surface area contributed by atoms with Crippen LogP contribution >= 0.6 is 0 Å². The largest absolute Gasteiger partial charge is 0.494 e. The zero-order chi connectivity index (χ0) is 16.8. The van der Waals surface area contributed by atoms with E-state index in [1.54, 1.807) is 6.92 Å². The highest BCUT2D eigenvalue weighted by Gasteiger charge is 2.40. The van der Waals surface area contributed by atoms with Crippen molar-refractivity contribution in [2.24, 2.45) is 0 Å². The minimum Gasteiger partial charge on any atom is -0.494 e. The molecule has 24 heavy (non-hydrogen) atoms. The van der Waals surface area contributed by atoms with E-state index in [1.807, 2.05) is 30.3 Å². The van der Waals surface area contributed by atoms with Crippen molar-refractivity contribution in [1.29, 1.82) is 0 Å². The van der Waals surface area contributed by atoms with Gasteiger partial charge in [-0.25, -0.2) is 0 Å². The highest BCUT2D eigenvalue weighted by atomic mass is 16.5. The number of hydrogen-bond acceptors (Lipinski definition) is 5.